The van der Waals surface area contributed by atoms with E-state index in [-0.39, 0.29) is 0 Å². The van der Waals surface area contributed by atoms with Crippen LogP contribution in [-0.4, -0.2) is 4.57 Å². The van der Waals surface area contributed by atoms with Gasteiger partial charge < -0.3 is 9.47 Å². The van der Waals surface area contributed by atoms with Crippen molar-refractivity contribution in [2.45, 2.75) is 0 Å². The van der Waals surface area contributed by atoms with Gasteiger partial charge in [0.05, 0.1) is 32.6 Å². The van der Waals surface area contributed by atoms with Crippen LogP contribution < -0.4 is 4.90 Å². The molecule has 1 heterocycles. The highest BCUT2D eigenvalue weighted by Crippen LogP contribution is 2.45. The molecule has 194 valence electrons. The first-order valence-corrected chi connectivity index (χ1v) is 14.6. The van der Waals surface area contributed by atoms with Crippen molar-refractivity contribution in [3.8, 4) is 5.69 Å². The van der Waals surface area contributed by atoms with Crippen LogP contribution in [0.1, 0.15) is 0 Å². The summed E-state index contributed by atoms with van der Waals surface area (Å²) >= 11 is 4.12. The summed E-state index contributed by atoms with van der Waals surface area (Å²) in [5.74, 6) is 0. The molecular weight excluding hydrogens is 564 g/mol. The molecule has 3 heteroatoms. The molecule has 8 rings (SSSR count). The number of benzene rings is 7. The van der Waals surface area contributed by atoms with E-state index in [1.807, 2.05) is 0 Å². The molecule has 41 heavy (non-hydrogen) atoms. The lowest BCUT2D eigenvalue weighted by atomic mass is 10.1. The van der Waals surface area contributed by atoms with Gasteiger partial charge in [-0.15, -0.1) is 0 Å². The summed E-state index contributed by atoms with van der Waals surface area (Å²) in [7, 11) is 0. The third-order valence-electron chi connectivity index (χ3n) is 8.00. The molecule has 0 fully saturated rings. The van der Waals surface area contributed by atoms with Gasteiger partial charge in [0.25, 0.3) is 0 Å². The molecular formula is C38H25BrN2. The number of fused-ring (bicyclic) bond motifs is 5. The first-order valence-electron chi connectivity index (χ1n) is 13.8. The molecule has 0 spiro atoms. The van der Waals surface area contributed by atoms with Gasteiger partial charge in [0, 0.05) is 21.8 Å². The fraction of sp³-hybridized carbons (Fsp3) is 0. The summed E-state index contributed by atoms with van der Waals surface area (Å²) in [6, 6.07) is 54.3. The number of para-hydroxylation sites is 2. The number of halogens is 1. The maximum Gasteiger partial charge on any atom is 0.0656 e. The van der Waals surface area contributed by atoms with Gasteiger partial charge in [0.15, 0.2) is 0 Å². The Balaban J connectivity index is 1.43. The summed E-state index contributed by atoms with van der Waals surface area (Å²) < 4.78 is 3.43. The van der Waals surface area contributed by atoms with Crippen molar-refractivity contribution in [2.24, 2.45) is 0 Å². The maximum atomic E-state index is 4.12. The highest BCUT2D eigenvalue weighted by Gasteiger charge is 2.21. The predicted octanol–water partition coefficient (Wildman–Crippen LogP) is 11.3. The van der Waals surface area contributed by atoms with Gasteiger partial charge in [-0.3, -0.25) is 0 Å². The lowest BCUT2D eigenvalue weighted by Gasteiger charge is -2.28. The van der Waals surface area contributed by atoms with E-state index in [2.05, 4.69) is 177 Å². The van der Waals surface area contributed by atoms with E-state index in [1.165, 1.54) is 43.4 Å². The van der Waals surface area contributed by atoms with Gasteiger partial charge in [-0.25, -0.2) is 0 Å². The van der Waals surface area contributed by atoms with Gasteiger partial charge in [-0.1, -0.05) is 103 Å². The average molecular weight is 590 g/mol. The van der Waals surface area contributed by atoms with Gasteiger partial charge >= 0.3 is 0 Å². The smallest absolute Gasteiger partial charge is 0.0656 e. The summed E-state index contributed by atoms with van der Waals surface area (Å²) in [6.45, 7) is 0. The Morgan fingerprint density at radius 1 is 0.439 bits per heavy atom. The molecule has 1 aromatic heterocycles. The van der Waals surface area contributed by atoms with E-state index in [0.717, 1.165) is 27.2 Å². The number of rotatable bonds is 4. The zero-order chi connectivity index (χ0) is 27.3. The minimum atomic E-state index is 1.03. The van der Waals surface area contributed by atoms with Crippen molar-refractivity contribution < 1.29 is 0 Å². The minimum Gasteiger partial charge on any atom is -0.309 e. The van der Waals surface area contributed by atoms with Crippen molar-refractivity contribution in [3.05, 3.63) is 156 Å². The number of aromatic nitrogens is 1. The topological polar surface area (TPSA) is 8.17 Å². The Hall–Kier alpha value is -4.86. The van der Waals surface area contributed by atoms with E-state index in [9.17, 15) is 0 Å². The monoisotopic (exact) mass is 588 g/mol. The van der Waals surface area contributed by atoms with E-state index < -0.39 is 0 Å². The zero-order valence-electron chi connectivity index (χ0n) is 22.2. The Morgan fingerprint density at radius 2 is 1.05 bits per heavy atom. The lowest BCUT2D eigenvalue weighted by Crippen LogP contribution is -2.12. The predicted molar refractivity (Wildman–Crippen MR) is 178 cm³/mol. The molecule has 0 radical (unpaired) electrons. The van der Waals surface area contributed by atoms with Crippen LogP contribution in [0.5, 0.6) is 0 Å². The second kappa shape index (κ2) is 9.65. The van der Waals surface area contributed by atoms with Crippen molar-refractivity contribution in [1.82, 2.24) is 4.57 Å². The standard InChI is InChI=1S/C38H25BrN2/c39-38-35(40(29-16-2-1-3-17-29)33-21-10-15-26-12-6-7-18-30(26)33)22-11-23-36(38)41-34-20-9-8-19-31(34)32-24-27-13-4-5-14-28(27)25-37(32)41/h1-25H. The summed E-state index contributed by atoms with van der Waals surface area (Å²) in [5, 5.41) is 7.41. The van der Waals surface area contributed by atoms with Crippen LogP contribution in [0.3, 0.4) is 0 Å². The highest BCUT2D eigenvalue weighted by molar-refractivity contribution is 9.10. The van der Waals surface area contributed by atoms with Crippen molar-refractivity contribution in [1.29, 1.82) is 0 Å². The SMILES string of the molecule is Brc1c(N(c2ccccc2)c2cccc3ccccc23)cccc1-n1c2ccccc2c2cc3ccccc3cc21. The average Bonchev–Trinajstić information content (AvgIpc) is 3.34. The Labute approximate surface area is 246 Å². The van der Waals surface area contributed by atoms with Crippen LogP contribution >= 0.6 is 15.9 Å². The second-order valence-electron chi connectivity index (χ2n) is 10.3. The number of anilines is 3. The molecule has 8 aromatic rings. The molecule has 0 atom stereocenters. The van der Waals surface area contributed by atoms with Crippen LogP contribution in [0.25, 0.3) is 49.0 Å². The third kappa shape index (κ3) is 3.85. The highest BCUT2D eigenvalue weighted by atomic mass is 79.9. The molecule has 0 bridgehead atoms. The minimum absolute atomic E-state index is 1.03. The van der Waals surface area contributed by atoms with Crippen LogP contribution in [0.15, 0.2) is 156 Å². The Kier molecular flexibility index (Phi) is 5.65. The first kappa shape index (κ1) is 24.0. The number of nitrogens with zero attached hydrogens (tertiary/aromatic N) is 2. The fourth-order valence-electron chi connectivity index (χ4n) is 6.16. The normalized spacial score (nSPS) is 11.5. The molecule has 0 aliphatic heterocycles. The van der Waals surface area contributed by atoms with E-state index >= 15 is 0 Å². The van der Waals surface area contributed by atoms with E-state index in [0.29, 0.717) is 0 Å². The van der Waals surface area contributed by atoms with Gasteiger partial charge in [0.2, 0.25) is 0 Å². The van der Waals surface area contributed by atoms with Gasteiger partial charge in [-0.2, -0.15) is 0 Å². The lowest BCUT2D eigenvalue weighted by molar-refractivity contribution is 1.16. The van der Waals surface area contributed by atoms with Crippen LogP contribution in [0.4, 0.5) is 17.1 Å². The van der Waals surface area contributed by atoms with Crippen LogP contribution in [-0.2, 0) is 0 Å². The zero-order valence-corrected chi connectivity index (χ0v) is 23.8. The largest absolute Gasteiger partial charge is 0.309 e. The molecule has 7 aromatic carbocycles. The molecule has 0 unspecified atom stereocenters. The van der Waals surface area contributed by atoms with Crippen LogP contribution in [0, 0.1) is 0 Å². The molecule has 0 N–H and O–H groups in total. The molecule has 0 aliphatic carbocycles. The second-order valence-corrected chi connectivity index (χ2v) is 11.1. The van der Waals surface area contributed by atoms with Crippen molar-refractivity contribution >= 4 is 76.3 Å². The van der Waals surface area contributed by atoms with Crippen molar-refractivity contribution in [2.75, 3.05) is 4.90 Å². The van der Waals surface area contributed by atoms with Crippen molar-refractivity contribution in [3.63, 3.8) is 0 Å². The fourth-order valence-corrected chi connectivity index (χ4v) is 6.78. The van der Waals surface area contributed by atoms with Gasteiger partial charge in [-0.05, 0) is 80.6 Å². The number of hydrogen-bond donors (Lipinski definition) is 0. The third-order valence-corrected chi connectivity index (χ3v) is 8.81. The maximum absolute atomic E-state index is 4.12. The quantitative estimate of drug-likeness (QED) is 0.198. The number of hydrogen-bond acceptors (Lipinski definition) is 1. The first-order chi connectivity index (χ1) is 20.3. The summed E-state index contributed by atoms with van der Waals surface area (Å²) in [4.78, 5) is 2.36. The summed E-state index contributed by atoms with van der Waals surface area (Å²) in [6.07, 6.45) is 0. The van der Waals surface area contributed by atoms with E-state index in [4.69, 9.17) is 0 Å². The Morgan fingerprint density at radius 3 is 1.88 bits per heavy atom. The molecule has 0 saturated carbocycles. The molecule has 0 aliphatic rings. The summed E-state index contributed by atoms with van der Waals surface area (Å²) in [5.41, 5.74) is 6.81. The Bertz CT molecular complexity index is 2220. The molecule has 2 nitrogen and oxygen atoms in total. The molecule has 0 amide bonds. The molecule has 0 saturated heterocycles. The van der Waals surface area contributed by atoms with Crippen LogP contribution in [0.2, 0.25) is 0 Å². The van der Waals surface area contributed by atoms with Gasteiger partial charge in [0.1, 0.15) is 0 Å². The van der Waals surface area contributed by atoms with E-state index in [1.54, 1.807) is 0 Å².